The minimum Gasteiger partial charge on any atom is -0.497 e. The predicted molar refractivity (Wildman–Crippen MR) is 102 cm³/mol. The quantitative estimate of drug-likeness (QED) is 0.569. The third-order valence-electron chi connectivity index (χ3n) is 4.20. The number of hydrogen-bond donors (Lipinski definition) is 1. The summed E-state index contributed by atoms with van der Waals surface area (Å²) in [5, 5.41) is 2.74. The van der Waals surface area contributed by atoms with Crippen LogP contribution in [0.4, 0.5) is 5.69 Å². The first-order valence-electron chi connectivity index (χ1n) is 8.36. The number of fused-ring (bicyclic) bond motifs is 3. The van der Waals surface area contributed by atoms with Gasteiger partial charge in [-0.15, -0.1) is 0 Å². The van der Waals surface area contributed by atoms with E-state index < -0.39 is 5.91 Å². The van der Waals surface area contributed by atoms with Gasteiger partial charge in [0.2, 0.25) is 17.5 Å². The molecule has 9 heteroatoms. The molecule has 9 nitrogen and oxygen atoms in total. The first-order chi connectivity index (χ1) is 13.6. The van der Waals surface area contributed by atoms with Crippen molar-refractivity contribution >= 4 is 28.4 Å². The van der Waals surface area contributed by atoms with Gasteiger partial charge in [-0.1, -0.05) is 0 Å². The van der Waals surface area contributed by atoms with Crippen LogP contribution in [0.15, 0.2) is 42.6 Å². The molecule has 4 rings (SSSR count). The number of anilines is 1. The lowest BCUT2D eigenvalue weighted by Crippen LogP contribution is -2.15. The van der Waals surface area contributed by atoms with Crippen molar-refractivity contribution in [2.45, 2.75) is 0 Å². The summed E-state index contributed by atoms with van der Waals surface area (Å²) >= 11 is 0. The summed E-state index contributed by atoms with van der Waals surface area (Å²) in [5.74, 6) is 1.34. The Kier molecular flexibility index (Phi) is 4.40. The molecule has 1 aromatic carbocycles. The second-order valence-corrected chi connectivity index (χ2v) is 5.81. The molecule has 4 aromatic rings. The van der Waals surface area contributed by atoms with Crippen LogP contribution in [-0.4, -0.2) is 46.6 Å². The molecule has 3 heterocycles. The molecule has 142 valence electrons. The van der Waals surface area contributed by atoms with Gasteiger partial charge in [0.15, 0.2) is 0 Å². The summed E-state index contributed by atoms with van der Waals surface area (Å²) < 4.78 is 17.3. The van der Waals surface area contributed by atoms with Crippen LogP contribution in [0, 0.1) is 0 Å². The maximum absolute atomic E-state index is 12.7. The van der Waals surface area contributed by atoms with Crippen molar-refractivity contribution in [2.24, 2.45) is 0 Å². The highest BCUT2D eigenvalue weighted by Gasteiger charge is 2.15. The molecule has 0 spiro atoms. The monoisotopic (exact) mass is 379 g/mol. The lowest BCUT2D eigenvalue weighted by molar-refractivity contribution is 0.102. The summed E-state index contributed by atoms with van der Waals surface area (Å²) in [4.78, 5) is 25.6. The highest BCUT2D eigenvalue weighted by Crippen LogP contribution is 2.25. The summed E-state index contributed by atoms with van der Waals surface area (Å²) in [7, 11) is 4.56. The molecule has 0 bridgehead atoms. The maximum Gasteiger partial charge on any atom is 0.274 e. The van der Waals surface area contributed by atoms with E-state index >= 15 is 0 Å². The van der Waals surface area contributed by atoms with Gasteiger partial charge in [0, 0.05) is 18.3 Å². The number of amides is 1. The van der Waals surface area contributed by atoms with E-state index in [1.165, 1.54) is 14.2 Å². The lowest BCUT2D eigenvalue weighted by atomic mass is 10.3. The van der Waals surface area contributed by atoms with Crippen LogP contribution in [0.2, 0.25) is 0 Å². The van der Waals surface area contributed by atoms with E-state index in [1.807, 2.05) is 18.2 Å². The topological polar surface area (TPSA) is 99.9 Å². The van der Waals surface area contributed by atoms with E-state index in [9.17, 15) is 4.79 Å². The number of benzene rings is 1. The van der Waals surface area contributed by atoms with Crippen molar-refractivity contribution in [1.29, 1.82) is 0 Å². The molecule has 0 atom stereocenters. The molecule has 0 saturated heterocycles. The second kappa shape index (κ2) is 7.03. The lowest BCUT2D eigenvalue weighted by Gasteiger charge is -2.10. The van der Waals surface area contributed by atoms with Gasteiger partial charge in [-0.05, 0) is 24.3 Å². The van der Waals surface area contributed by atoms with E-state index in [0.717, 1.165) is 11.0 Å². The van der Waals surface area contributed by atoms with Crippen molar-refractivity contribution in [3.63, 3.8) is 0 Å². The first-order valence-corrected chi connectivity index (χ1v) is 8.36. The van der Waals surface area contributed by atoms with Gasteiger partial charge in [-0.2, -0.15) is 4.98 Å². The van der Waals surface area contributed by atoms with Crippen LogP contribution < -0.4 is 19.5 Å². The maximum atomic E-state index is 12.7. The Balaban J connectivity index is 1.67. The largest absolute Gasteiger partial charge is 0.497 e. The van der Waals surface area contributed by atoms with Crippen LogP contribution in [-0.2, 0) is 0 Å². The van der Waals surface area contributed by atoms with Gasteiger partial charge < -0.3 is 19.5 Å². The summed E-state index contributed by atoms with van der Waals surface area (Å²) in [5.41, 5.74) is 2.22. The molecule has 1 amide bonds. The fourth-order valence-electron chi connectivity index (χ4n) is 2.81. The smallest absolute Gasteiger partial charge is 0.274 e. The van der Waals surface area contributed by atoms with E-state index in [2.05, 4.69) is 20.3 Å². The zero-order valence-corrected chi connectivity index (χ0v) is 15.5. The first kappa shape index (κ1) is 17.5. The molecule has 1 N–H and O–H groups in total. The van der Waals surface area contributed by atoms with Gasteiger partial charge in [-0.3, -0.25) is 9.20 Å². The third kappa shape index (κ3) is 3.02. The second-order valence-electron chi connectivity index (χ2n) is 5.81. The molecule has 0 aliphatic rings. The number of nitrogens with zero attached hydrogens (tertiary/aromatic N) is 4. The van der Waals surface area contributed by atoms with Gasteiger partial charge >= 0.3 is 0 Å². The number of nitrogens with one attached hydrogen (secondary N) is 1. The fraction of sp³-hybridized carbons (Fsp3) is 0.158. The molecular weight excluding hydrogens is 362 g/mol. The SMILES string of the molecule is COc1ccc2c(c1)nc1nc(C(=O)Nc3ccc(OC)nc3OC)ccn12. The Morgan fingerprint density at radius 1 is 0.964 bits per heavy atom. The van der Waals surface area contributed by atoms with Crippen molar-refractivity contribution in [3.05, 3.63) is 48.3 Å². The van der Waals surface area contributed by atoms with Gasteiger partial charge in [0.25, 0.3) is 5.91 Å². The molecular formula is C19H17N5O4. The number of imidazole rings is 1. The van der Waals surface area contributed by atoms with Crippen LogP contribution >= 0.6 is 0 Å². The zero-order valence-electron chi connectivity index (χ0n) is 15.5. The molecule has 28 heavy (non-hydrogen) atoms. The fourth-order valence-corrected chi connectivity index (χ4v) is 2.81. The molecule has 0 aliphatic carbocycles. The van der Waals surface area contributed by atoms with E-state index in [0.29, 0.717) is 23.1 Å². The minimum atomic E-state index is -0.405. The van der Waals surface area contributed by atoms with Crippen molar-refractivity contribution in [3.8, 4) is 17.5 Å². The van der Waals surface area contributed by atoms with Gasteiger partial charge in [0.05, 0.1) is 32.4 Å². The normalized spacial score (nSPS) is 10.8. The van der Waals surface area contributed by atoms with Crippen LogP contribution in [0.25, 0.3) is 16.8 Å². The number of pyridine rings is 1. The van der Waals surface area contributed by atoms with Crippen LogP contribution in [0.5, 0.6) is 17.5 Å². The zero-order chi connectivity index (χ0) is 19.7. The number of aromatic nitrogens is 4. The van der Waals surface area contributed by atoms with Gasteiger partial charge in [0.1, 0.15) is 17.1 Å². The van der Waals surface area contributed by atoms with Crippen LogP contribution in [0.1, 0.15) is 10.5 Å². The molecule has 0 saturated carbocycles. The number of carbonyl (C=O) groups is 1. The van der Waals surface area contributed by atoms with E-state index in [-0.39, 0.29) is 11.6 Å². The molecule has 3 aromatic heterocycles. The molecule has 0 unspecified atom stereocenters. The van der Waals surface area contributed by atoms with Crippen molar-refractivity contribution in [1.82, 2.24) is 19.4 Å². The summed E-state index contributed by atoms with van der Waals surface area (Å²) in [6, 6.07) is 10.5. The molecule has 0 fully saturated rings. The number of hydrogen-bond acceptors (Lipinski definition) is 7. The van der Waals surface area contributed by atoms with Crippen molar-refractivity contribution < 1.29 is 19.0 Å². The van der Waals surface area contributed by atoms with E-state index in [4.69, 9.17) is 14.2 Å². The number of carbonyl (C=O) groups excluding carboxylic acids is 1. The Morgan fingerprint density at radius 2 is 1.82 bits per heavy atom. The van der Waals surface area contributed by atoms with Crippen molar-refractivity contribution in [2.75, 3.05) is 26.6 Å². The molecule has 0 aliphatic heterocycles. The Bertz CT molecular complexity index is 1190. The predicted octanol–water partition coefficient (Wildman–Crippen LogP) is 2.56. The Morgan fingerprint density at radius 3 is 2.57 bits per heavy atom. The van der Waals surface area contributed by atoms with E-state index in [1.54, 1.807) is 35.9 Å². The average molecular weight is 379 g/mol. The third-order valence-corrected chi connectivity index (χ3v) is 4.20. The van der Waals surface area contributed by atoms with Gasteiger partial charge in [-0.25, -0.2) is 9.97 Å². The Hall–Kier alpha value is -3.88. The average Bonchev–Trinajstić information content (AvgIpc) is 3.10. The number of ether oxygens (including phenoxy) is 3. The summed E-state index contributed by atoms with van der Waals surface area (Å²) in [6.45, 7) is 0. The molecule has 0 radical (unpaired) electrons. The highest BCUT2D eigenvalue weighted by molar-refractivity contribution is 6.03. The summed E-state index contributed by atoms with van der Waals surface area (Å²) in [6.07, 6.45) is 1.75. The number of methoxy groups -OCH3 is 3. The Labute approximate surface area is 159 Å². The standard InChI is InChI=1S/C19H17N5O4/c1-26-11-4-6-15-14(10-11)22-19-21-12(8-9-24(15)19)17(25)20-13-5-7-16(27-2)23-18(13)28-3/h4-10H,1-3H3,(H,20,25). The minimum absolute atomic E-state index is 0.215. The highest BCUT2D eigenvalue weighted by atomic mass is 16.5. The number of rotatable bonds is 5. The van der Waals surface area contributed by atoms with Crippen LogP contribution in [0.3, 0.4) is 0 Å².